The molecule has 0 radical (unpaired) electrons. The fourth-order valence-corrected chi connectivity index (χ4v) is 3.54. The van der Waals surface area contributed by atoms with Gasteiger partial charge >= 0.3 is 0 Å². The molecule has 1 aromatic heterocycles. The van der Waals surface area contributed by atoms with Gasteiger partial charge in [-0.25, -0.2) is 0 Å². The molecular formula is C12H14ClNOS. The molecule has 1 aliphatic heterocycles. The highest BCUT2D eigenvalue weighted by molar-refractivity contribution is 7.15. The molecule has 0 spiro atoms. The molecular weight excluding hydrogens is 242 g/mol. The second kappa shape index (κ2) is 4.70. The van der Waals surface area contributed by atoms with Crippen LogP contribution in [0, 0.1) is 0 Å². The standard InChI is InChI=1S/C12H14ClNOS/c1-7(2)11(15)12-10(13)8-3-5-14-6-4-9(8)16-12/h14H,1,3-6H2,2H3. The molecule has 0 saturated heterocycles. The summed E-state index contributed by atoms with van der Waals surface area (Å²) in [5.41, 5.74) is 1.71. The van der Waals surface area contributed by atoms with Crippen LogP contribution in [-0.4, -0.2) is 18.9 Å². The van der Waals surface area contributed by atoms with Gasteiger partial charge < -0.3 is 5.32 Å². The predicted molar refractivity (Wildman–Crippen MR) is 68.8 cm³/mol. The lowest BCUT2D eigenvalue weighted by Crippen LogP contribution is -2.16. The first-order chi connectivity index (χ1) is 7.61. The molecule has 16 heavy (non-hydrogen) atoms. The van der Waals surface area contributed by atoms with Gasteiger partial charge in [0.05, 0.1) is 9.90 Å². The summed E-state index contributed by atoms with van der Waals surface area (Å²) in [4.78, 5) is 13.8. The highest BCUT2D eigenvalue weighted by Crippen LogP contribution is 2.35. The van der Waals surface area contributed by atoms with E-state index in [-0.39, 0.29) is 5.78 Å². The minimum atomic E-state index is -0.0176. The first-order valence-corrected chi connectivity index (χ1v) is 6.51. The van der Waals surface area contributed by atoms with Gasteiger partial charge in [-0.05, 0) is 44.0 Å². The van der Waals surface area contributed by atoms with E-state index in [1.54, 1.807) is 6.92 Å². The largest absolute Gasteiger partial charge is 0.316 e. The monoisotopic (exact) mass is 255 g/mol. The van der Waals surface area contributed by atoms with Crippen molar-refractivity contribution in [1.29, 1.82) is 0 Å². The normalized spacial score (nSPS) is 15.4. The lowest BCUT2D eigenvalue weighted by Gasteiger charge is -1.99. The van der Waals surface area contributed by atoms with Crippen LogP contribution in [0.4, 0.5) is 0 Å². The van der Waals surface area contributed by atoms with Crippen molar-refractivity contribution in [3.63, 3.8) is 0 Å². The zero-order valence-corrected chi connectivity index (χ0v) is 10.8. The van der Waals surface area contributed by atoms with E-state index in [0.717, 1.165) is 31.5 Å². The summed E-state index contributed by atoms with van der Waals surface area (Å²) in [5, 5.41) is 3.97. The molecule has 0 atom stereocenters. The Morgan fingerprint density at radius 3 is 2.81 bits per heavy atom. The Morgan fingerprint density at radius 2 is 2.12 bits per heavy atom. The van der Waals surface area contributed by atoms with Gasteiger partial charge in [0.15, 0.2) is 5.78 Å². The molecule has 1 aromatic rings. The maximum absolute atomic E-state index is 11.9. The molecule has 2 heterocycles. The maximum Gasteiger partial charge on any atom is 0.199 e. The number of hydrogen-bond acceptors (Lipinski definition) is 3. The first-order valence-electron chi connectivity index (χ1n) is 5.32. The van der Waals surface area contributed by atoms with Crippen molar-refractivity contribution in [3.05, 3.63) is 32.5 Å². The van der Waals surface area contributed by atoms with Crippen LogP contribution in [0.2, 0.25) is 5.02 Å². The van der Waals surface area contributed by atoms with Gasteiger partial charge in [0.2, 0.25) is 0 Å². The third-order valence-corrected chi connectivity index (χ3v) is 4.52. The summed E-state index contributed by atoms with van der Waals surface area (Å²) in [6.07, 6.45) is 1.87. The Morgan fingerprint density at radius 1 is 1.44 bits per heavy atom. The van der Waals surface area contributed by atoms with Crippen LogP contribution in [-0.2, 0) is 12.8 Å². The quantitative estimate of drug-likeness (QED) is 0.650. The summed E-state index contributed by atoms with van der Waals surface area (Å²) in [7, 11) is 0. The number of Topliss-reactive ketones (excluding diaryl/α,β-unsaturated/α-hetero) is 1. The summed E-state index contributed by atoms with van der Waals surface area (Å²) in [6, 6.07) is 0. The van der Waals surface area contributed by atoms with E-state index >= 15 is 0 Å². The zero-order valence-electron chi connectivity index (χ0n) is 9.23. The van der Waals surface area contributed by atoms with E-state index < -0.39 is 0 Å². The molecule has 0 amide bonds. The summed E-state index contributed by atoms with van der Waals surface area (Å²) in [6.45, 7) is 7.31. The molecule has 0 fully saturated rings. The molecule has 0 bridgehead atoms. The number of nitrogens with one attached hydrogen (secondary N) is 1. The predicted octanol–water partition coefficient (Wildman–Crippen LogP) is 2.85. The van der Waals surface area contributed by atoms with Crippen LogP contribution in [0.1, 0.15) is 27.0 Å². The van der Waals surface area contributed by atoms with Gasteiger partial charge in [-0.1, -0.05) is 18.2 Å². The van der Waals surface area contributed by atoms with Crippen molar-refractivity contribution in [2.45, 2.75) is 19.8 Å². The number of allylic oxidation sites excluding steroid dienone is 1. The van der Waals surface area contributed by atoms with Crippen LogP contribution in [0.5, 0.6) is 0 Å². The molecule has 2 rings (SSSR count). The van der Waals surface area contributed by atoms with Gasteiger partial charge in [-0.15, -0.1) is 11.3 Å². The Labute approximate surface area is 104 Å². The third kappa shape index (κ3) is 2.08. The van der Waals surface area contributed by atoms with Gasteiger partial charge in [0.1, 0.15) is 0 Å². The van der Waals surface area contributed by atoms with Crippen LogP contribution >= 0.6 is 22.9 Å². The van der Waals surface area contributed by atoms with Crippen molar-refractivity contribution in [2.75, 3.05) is 13.1 Å². The van der Waals surface area contributed by atoms with Gasteiger partial charge in [0, 0.05) is 4.88 Å². The van der Waals surface area contributed by atoms with Crippen LogP contribution < -0.4 is 5.32 Å². The molecule has 1 N–H and O–H groups in total. The fraction of sp³-hybridized carbons (Fsp3) is 0.417. The van der Waals surface area contributed by atoms with E-state index in [1.807, 2.05) is 0 Å². The lowest BCUT2D eigenvalue weighted by atomic mass is 10.1. The molecule has 0 saturated carbocycles. The number of rotatable bonds is 2. The van der Waals surface area contributed by atoms with Gasteiger partial charge in [-0.2, -0.15) is 0 Å². The minimum absolute atomic E-state index is 0.0176. The van der Waals surface area contributed by atoms with E-state index in [0.29, 0.717) is 15.5 Å². The maximum atomic E-state index is 11.9. The van der Waals surface area contributed by atoms with Crippen molar-refractivity contribution >= 4 is 28.7 Å². The van der Waals surface area contributed by atoms with Crippen LogP contribution in [0.25, 0.3) is 0 Å². The Kier molecular flexibility index (Phi) is 3.47. The number of halogens is 1. The molecule has 0 unspecified atom stereocenters. The second-order valence-electron chi connectivity index (χ2n) is 4.01. The average molecular weight is 256 g/mol. The van der Waals surface area contributed by atoms with Crippen molar-refractivity contribution < 1.29 is 4.79 Å². The smallest absolute Gasteiger partial charge is 0.199 e. The van der Waals surface area contributed by atoms with E-state index in [2.05, 4.69) is 11.9 Å². The molecule has 4 heteroatoms. The van der Waals surface area contributed by atoms with E-state index in [9.17, 15) is 4.79 Å². The second-order valence-corrected chi connectivity index (χ2v) is 5.49. The van der Waals surface area contributed by atoms with Gasteiger partial charge in [-0.3, -0.25) is 4.79 Å². The molecule has 2 nitrogen and oxygen atoms in total. The number of ketones is 1. The number of carbonyl (C=O) groups excluding carboxylic acids is 1. The van der Waals surface area contributed by atoms with Crippen molar-refractivity contribution in [3.8, 4) is 0 Å². The summed E-state index contributed by atoms with van der Waals surface area (Å²) >= 11 is 7.80. The number of hydrogen-bond donors (Lipinski definition) is 1. The van der Waals surface area contributed by atoms with Crippen LogP contribution in [0.15, 0.2) is 12.2 Å². The molecule has 1 aliphatic rings. The molecule has 0 aromatic carbocycles. The first kappa shape index (κ1) is 11.8. The average Bonchev–Trinajstić information content (AvgIpc) is 2.45. The Hall–Kier alpha value is -0.640. The van der Waals surface area contributed by atoms with Crippen molar-refractivity contribution in [2.24, 2.45) is 0 Å². The SMILES string of the molecule is C=C(C)C(=O)c1sc2c(c1Cl)CCNCC2. The number of thiophene rings is 1. The Balaban J connectivity index is 2.42. The highest BCUT2D eigenvalue weighted by Gasteiger charge is 2.22. The zero-order chi connectivity index (χ0) is 11.7. The highest BCUT2D eigenvalue weighted by atomic mass is 35.5. The van der Waals surface area contributed by atoms with E-state index in [1.165, 1.54) is 16.2 Å². The summed E-state index contributed by atoms with van der Waals surface area (Å²) < 4.78 is 0. The fourth-order valence-electron chi connectivity index (χ4n) is 1.82. The number of carbonyl (C=O) groups is 1. The lowest BCUT2D eigenvalue weighted by molar-refractivity contribution is 0.103. The Bertz CT molecular complexity index is 450. The molecule has 86 valence electrons. The van der Waals surface area contributed by atoms with Crippen molar-refractivity contribution in [1.82, 2.24) is 5.32 Å². The van der Waals surface area contributed by atoms with Gasteiger partial charge in [0.25, 0.3) is 0 Å². The number of fused-ring (bicyclic) bond motifs is 1. The van der Waals surface area contributed by atoms with E-state index in [4.69, 9.17) is 11.6 Å². The topological polar surface area (TPSA) is 29.1 Å². The third-order valence-electron chi connectivity index (χ3n) is 2.70. The summed E-state index contributed by atoms with van der Waals surface area (Å²) in [5.74, 6) is -0.0176. The van der Waals surface area contributed by atoms with Crippen LogP contribution in [0.3, 0.4) is 0 Å². The minimum Gasteiger partial charge on any atom is -0.316 e. The molecule has 0 aliphatic carbocycles.